The van der Waals surface area contributed by atoms with Crippen LogP contribution in [0.2, 0.25) is 0 Å². The van der Waals surface area contributed by atoms with Crippen molar-refractivity contribution in [1.29, 1.82) is 0 Å². The maximum atomic E-state index is 5.89. The van der Waals surface area contributed by atoms with Gasteiger partial charge in [-0.2, -0.15) is 10.2 Å². The fraction of sp³-hybridized carbons (Fsp3) is 0.600. The van der Waals surface area contributed by atoms with E-state index in [4.69, 9.17) is 4.74 Å². The van der Waals surface area contributed by atoms with E-state index < -0.39 is 0 Å². The first-order chi connectivity index (χ1) is 10.2. The first-order valence-electron chi connectivity index (χ1n) is 7.53. The van der Waals surface area contributed by atoms with Gasteiger partial charge in [0.2, 0.25) is 0 Å². The Morgan fingerprint density at radius 3 is 2.95 bits per heavy atom. The lowest BCUT2D eigenvalue weighted by Crippen LogP contribution is -2.45. The summed E-state index contributed by atoms with van der Waals surface area (Å²) < 4.78 is 9.92. The third-order valence-electron chi connectivity index (χ3n) is 3.91. The molecule has 1 aliphatic rings. The highest BCUT2D eigenvalue weighted by molar-refractivity contribution is 5.06. The summed E-state index contributed by atoms with van der Waals surface area (Å²) in [6.45, 7) is 9.65. The Kier molecular flexibility index (Phi) is 4.36. The van der Waals surface area contributed by atoms with E-state index in [0.717, 1.165) is 45.0 Å². The average molecular weight is 289 g/mol. The lowest BCUT2D eigenvalue weighted by atomic mass is 10.2. The van der Waals surface area contributed by atoms with Crippen LogP contribution in [-0.4, -0.2) is 56.8 Å². The first kappa shape index (κ1) is 14.3. The van der Waals surface area contributed by atoms with Gasteiger partial charge in [0.15, 0.2) is 0 Å². The summed E-state index contributed by atoms with van der Waals surface area (Å²) in [4.78, 5) is 2.45. The van der Waals surface area contributed by atoms with Crippen molar-refractivity contribution in [3.05, 3.63) is 35.9 Å². The summed E-state index contributed by atoms with van der Waals surface area (Å²) in [6, 6.07) is 4.07. The van der Waals surface area contributed by atoms with E-state index in [9.17, 15) is 0 Å². The Labute approximate surface area is 125 Å². The van der Waals surface area contributed by atoms with Crippen molar-refractivity contribution < 1.29 is 4.74 Å². The van der Waals surface area contributed by atoms with Crippen LogP contribution in [0.3, 0.4) is 0 Å². The highest BCUT2D eigenvalue weighted by Gasteiger charge is 2.21. The summed E-state index contributed by atoms with van der Waals surface area (Å²) in [6.07, 6.45) is 4.05. The van der Waals surface area contributed by atoms with Crippen molar-refractivity contribution in [3.63, 3.8) is 0 Å². The number of aromatic nitrogens is 4. The van der Waals surface area contributed by atoms with Gasteiger partial charge in [-0.3, -0.25) is 14.3 Å². The second-order valence-corrected chi connectivity index (χ2v) is 5.67. The van der Waals surface area contributed by atoms with E-state index in [1.165, 1.54) is 5.69 Å². The van der Waals surface area contributed by atoms with Crippen LogP contribution in [0.5, 0.6) is 0 Å². The van der Waals surface area contributed by atoms with Crippen molar-refractivity contribution >= 4 is 0 Å². The summed E-state index contributed by atoms with van der Waals surface area (Å²) >= 11 is 0. The molecule has 21 heavy (non-hydrogen) atoms. The molecule has 6 nitrogen and oxygen atoms in total. The molecule has 2 aromatic heterocycles. The summed E-state index contributed by atoms with van der Waals surface area (Å²) in [5, 5.41) is 8.77. The molecule has 2 aromatic rings. The lowest BCUT2D eigenvalue weighted by Gasteiger charge is -2.33. The first-order valence-corrected chi connectivity index (χ1v) is 7.53. The number of nitrogens with zero attached hydrogens (tertiary/aromatic N) is 5. The largest absolute Gasteiger partial charge is 0.374 e. The molecule has 0 N–H and O–H groups in total. The van der Waals surface area contributed by atoms with Gasteiger partial charge in [0, 0.05) is 37.7 Å². The maximum absolute atomic E-state index is 5.89. The summed E-state index contributed by atoms with van der Waals surface area (Å²) in [7, 11) is 0. The third kappa shape index (κ3) is 3.71. The van der Waals surface area contributed by atoms with Gasteiger partial charge < -0.3 is 4.74 Å². The van der Waals surface area contributed by atoms with E-state index >= 15 is 0 Å². The number of morpholine rings is 1. The maximum Gasteiger partial charge on any atom is 0.0898 e. The molecule has 114 valence electrons. The Morgan fingerprint density at radius 2 is 2.24 bits per heavy atom. The molecule has 0 aromatic carbocycles. The molecule has 0 bridgehead atoms. The van der Waals surface area contributed by atoms with Crippen molar-refractivity contribution in [2.45, 2.75) is 33.0 Å². The molecule has 0 amide bonds. The van der Waals surface area contributed by atoms with Crippen molar-refractivity contribution in [1.82, 2.24) is 24.5 Å². The Morgan fingerprint density at radius 1 is 1.33 bits per heavy atom. The van der Waals surface area contributed by atoms with E-state index in [2.05, 4.69) is 32.8 Å². The summed E-state index contributed by atoms with van der Waals surface area (Å²) in [5.74, 6) is 0. The van der Waals surface area contributed by atoms with Crippen LogP contribution in [-0.2, 0) is 17.8 Å². The minimum Gasteiger partial charge on any atom is -0.374 e. The molecule has 1 aliphatic heterocycles. The van der Waals surface area contributed by atoms with Crippen molar-refractivity contribution in [3.8, 4) is 0 Å². The molecule has 3 heterocycles. The number of hydrogen-bond acceptors (Lipinski definition) is 4. The number of rotatable bonds is 5. The van der Waals surface area contributed by atoms with Gasteiger partial charge in [-0.05, 0) is 26.0 Å². The van der Waals surface area contributed by atoms with Crippen LogP contribution in [0, 0.1) is 13.8 Å². The minimum atomic E-state index is 0.217. The lowest BCUT2D eigenvalue weighted by molar-refractivity contribution is -0.0387. The molecule has 1 fully saturated rings. The Balaban J connectivity index is 1.52. The van der Waals surface area contributed by atoms with Gasteiger partial charge in [0.25, 0.3) is 0 Å². The topological polar surface area (TPSA) is 48.1 Å². The van der Waals surface area contributed by atoms with Crippen LogP contribution in [0.4, 0.5) is 0 Å². The normalized spacial score (nSPS) is 20.0. The van der Waals surface area contributed by atoms with E-state index in [0.29, 0.717) is 0 Å². The zero-order chi connectivity index (χ0) is 14.7. The van der Waals surface area contributed by atoms with Crippen LogP contribution in [0.25, 0.3) is 0 Å². The van der Waals surface area contributed by atoms with Crippen molar-refractivity contribution in [2.24, 2.45) is 0 Å². The molecule has 0 saturated carbocycles. The van der Waals surface area contributed by atoms with Crippen LogP contribution in [0.1, 0.15) is 11.4 Å². The van der Waals surface area contributed by atoms with Gasteiger partial charge in [-0.1, -0.05) is 0 Å². The van der Waals surface area contributed by atoms with Gasteiger partial charge in [-0.25, -0.2) is 0 Å². The molecule has 3 rings (SSSR count). The van der Waals surface area contributed by atoms with Crippen LogP contribution in [0.15, 0.2) is 24.5 Å². The van der Waals surface area contributed by atoms with E-state index in [1.807, 2.05) is 30.1 Å². The Hall–Kier alpha value is -1.66. The van der Waals surface area contributed by atoms with Gasteiger partial charge >= 0.3 is 0 Å². The van der Waals surface area contributed by atoms with Gasteiger partial charge in [0.05, 0.1) is 31.5 Å². The smallest absolute Gasteiger partial charge is 0.0898 e. The highest BCUT2D eigenvalue weighted by Crippen LogP contribution is 2.10. The fourth-order valence-corrected chi connectivity index (χ4v) is 2.82. The zero-order valence-corrected chi connectivity index (χ0v) is 12.8. The predicted octanol–water partition coefficient (Wildman–Crippen LogP) is 1.10. The molecule has 0 spiro atoms. The predicted molar refractivity (Wildman–Crippen MR) is 80.1 cm³/mol. The van der Waals surface area contributed by atoms with E-state index in [-0.39, 0.29) is 6.10 Å². The monoisotopic (exact) mass is 289 g/mol. The quantitative estimate of drug-likeness (QED) is 0.827. The highest BCUT2D eigenvalue weighted by atomic mass is 16.5. The summed E-state index contributed by atoms with van der Waals surface area (Å²) in [5.41, 5.74) is 2.27. The van der Waals surface area contributed by atoms with Gasteiger partial charge in [0.1, 0.15) is 0 Å². The molecule has 0 aliphatic carbocycles. The minimum absolute atomic E-state index is 0.217. The zero-order valence-electron chi connectivity index (χ0n) is 12.8. The fourth-order valence-electron chi connectivity index (χ4n) is 2.82. The SMILES string of the molecule is Cc1cc(C)n(CC2CN(CCn3cccn3)CCO2)n1. The van der Waals surface area contributed by atoms with Crippen molar-refractivity contribution in [2.75, 3.05) is 26.2 Å². The Bertz CT molecular complexity index is 563. The van der Waals surface area contributed by atoms with E-state index in [1.54, 1.807) is 0 Å². The molecule has 1 unspecified atom stereocenters. The standard InChI is InChI=1S/C15H23N5O/c1-13-10-14(2)20(17-13)12-15-11-18(8-9-21-15)6-7-19-5-3-4-16-19/h3-5,10,15H,6-9,11-12H2,1-2H3. The number of ether oxygens (including phenoxy) is 1. The second-order valence-electron chi connectivity index (χ2n) is 5.67. The molecule has 1 saturated heterocycles. The molecule has 1 atom stereocenters. The third-order valence-corrected chi connectivity index (χ3v) is 3.91. The molecule has 6 heteroatoms. The number of hydrogen-bond donors (Lipinski definition) is 0. The average Bonchev–Trinajstić information content (AvgIpc) is 3.07. The second kappa shape index (κ2) is 6.41. The molecular weight excluding hydrogens is 266 g/mol. The van der Waals surface area contributed by atoms with Crippen LogP contribution < -0.4 is 0 Å². The molecular formula is C15H23N5O. The molecule has 0 radical (unpaired) electrons. The van der Waals surface area contributed by atoms with Gasteiger partial charge in [-0.15, -0.1) is 0 Å². The number of aryl methyl sites for hydroxylation is 2. The van der Waals surface area contributed by atoms with Crippen LogP contribution >= 0.6 is 0 Å².